The van der Waals surface area contributed by atoms with Gasteiger partial charge in [-0.2, -0.15) is 5.10 Å². The molecule has 0 radical (unpaired) electrons. The first-order chi connectivity index (χ1) is 8.11. The SMILES string of the molecule is COc1cc(F)ccc1Nc1n[nH]c(C)c1Cl. The van der Waals surface area contributed by atoms with Crippen molar-refractivity contribution in [1.29, 1.82) is 0 Å². The Morgan fingerprint density at radius 2 is 2.24 bits per heavy atom. The Bertz CT molecular complexity index is 542. The van der Waals surface area contributed by atoms with Gasteiger partial charge in [0.15, 0.2) is 5.82 Å². The lowest BCUT2D eigenvalue weighted by Crippen LogP contribution is -1.96. The van der Waals surface area contributed by atoms with Crippen molar-refractivity contribution < 1.29 is 9.13 Å². The smallest absolute Gasteiger partial charge is 0.171 e. The minimum Gasteiger partial charge on any atom is -0.494 e. The summed E-state index contributed by atoms with van der Waals surface area (Å²) in [5, 5.41) is 10.2. The lowest BCUT2D eigenvalue weighted by atomic mass is 10.3. The molecule has 2 aromatic rings. The quantitative estimate of drug-likeness (QED) is 0.885. The standard InChI is InChI=1S/C11H11ClFN3O/c1-6-10(12)11(16-15-6)14-8-4-3-7(13)5-9(8)17-2/h3-5H,1-2H3,(H2,14,15,16). The van der Waals surface area contributed by atoms with Gasteiger partial charge in [0.1, 0.15) is 16.6 Å². The molecule has 0 aliphatic carbocycles. The first-order valence-corrected chi connectivity index (χ1v) is 5.30. The summed E-state index contributed by atoms with van der Waals surface area (Å²) in [5.41, 5.74) is 1.36. The molecule has 1 aromatic heterocycles. The normalized spacial score (nSPS) is 10.4. The first-order valence-electron chi connectivity index (χ1n) is 4.93. The monoisotopic (exact) mass is 255 g/mol. The maximum absolute atomic E-state index is 13.0. The molecule has 0 aliphatic heterocycles. The van der Waals surface area contributed by atoms with Crippen LogP contribution in [0, 0.1) is 12.7 Å². The summed E-state index contributed by atoms with van der Waals surface area (Å²) < 4.78 is 18.1. The molecule has 0 saturated carbocycles. The minimum absolute atomic E-state index is 0.364. The van der Waals surface area contributed by atoms with Crippen LogP contribution in [0.4, 0.5) is 15.9 Å². The first kappa shape index (κ1) is 11.7. The fourth-order valence-electron chi connectivity index (χ4n) is 1.39. The Morgan fingerprint density at radius 3 is 2.82 bits per heavy atom. The van der Waals surface area contributed by atoms with Crippen LogP contribution in [0.2, 0.25) is 5.02 Å². The van der Waals surface area contributed by atoms with E-state index in [9.17, 15) is 4.39 Å². The number of halogens is 2. The minimum atomic E-state index is -0.364. The molecule has 17 heavy (non-hydrogen) atoms. The number of H-pyrrole nitrogens is 1. The number of nitrogens with one attached hydrogen (secondary N) is 2. The fraction of sp³-hybridized carbons (Fsp3) is 0.182. The number of aromatic nitrogens is 2. The van der Waals surface area contributed by atoms with Crippen molar-refractivity contribution in [3.63, 3.8) is 0 Å². The Kier molecular flexibility index (Phi) is 3.19. The lowest BCUT2D eigenvalue weighted by Gasteiger charge is -2.09. The summed E-state index contributed by atoms with van der Waals surface area (Å²) in [6.45, 7) is 1.81. The largest absolute Gasteiger partial charge is 0.494 e. The van der Waals surface area contributed by atoms with Crippen LogP contribution in [0.15, 0.2) is 18.2 Å². The van der Waals surface area contributed by atoms with Gasteiger partial charge in [-0.3, -0.25) is 5.10 Å². The Hall–Kier alpha value is -1.75. The fourth-order valence-corrected chi connectivity index (χ4v) is 1.53. The summed E-state index contributed by atoms with van der Waals surface area (Å²) in [5.74, 6) is 0.507. The predicted molar refractivity (Wildman–Crippen MR) is 64.6 cm³/mol. The van der Waals surface area contributed by atoms with Crippen molar-refractivity contribution in [2.24, 2.45) is 0 Å². The zero-order valence-electron chi connectivity index (χ0n) is 9.34. The van der Waals surface area contributed by atoms with E-state index in [-0.39, 0.29) is 5.82 Å². The lowest BCUT2D eigenvalue weighted by molar-refractivity contribution is 0.413. The van der Waals surface area contributed by atoms with Gasteiger partial charge in [0.2, 0.25) is 0 Å². The van der Waals surface area contributed by atoms with Crippen molar-refractivity contribution in [2.45, 2.75) is 6.92 Å². The van der Waals surface area contributed by atoms with E-state index in [1.54, 1.807) is 6.07 Å². The molecule has 0 aliphatic rings. The molecule has 0 unspecified atom stereocenters. The summed E-state index contributed by atoms with van der Waals surface area (Å²) in [6, 6.07) is 4.18. The second kappa shape index (κ2) is 4.63. The van der Waals surface area contributed by atoms with Crippen molar-refractivity contribution in [2.75, 3.05) is 12.4 Å². The van der Waals surface area contributed by atoms with Crippen molar-refractivity contribution in [3.8, 4) is 5.75 Å². The molecule has 0 atom stereocenters. The number of aryl methyl sites for hydroxylation is 1. The highest BCUT2D eigenvalue weighted by Gasteiger charge is 2.10. The molecule has 1 heterocycles. The third-order valence-corrected chi connectivity index (χ3v) is 2.75. The average Bonchev–Trinajstić information content (AvgIpc) is 2.63. The third kappa shape index (κ3) is 2.34. The molecule has 0 fully saturated rings. The second-order valence-electron chi connectivity index (χ2n) is 3.48. The van der Waals surface area contributed by atoms with Crippen LogP contribution in [0.1, 0.15) is 5.69 Å². The van der Waals surface area contributed by atoms with Crippen molar-refractivity contribution in [1.82, 2.24) is 10.2 Å². The van der Waals surface area contributed by atoms with Gasteiger partial charge in [-0.15, -0.1) is 0 Å². The molecular formula is C11H11ClFN3O. The summed E-state index contributed by atoms with van der Waals surface area (Å²) in [7, 11) is 1.47. The molecule has 2 rings (SSSR count). The highest BCUT2D eigenvalue weighted by molar-refractivity contribution is 6.33. The number of hydrogen-bond acceptors (Lipinski definition) is 3. The summed E-state index contributed by atoms with van der Waals surface area (Å²) >= 11 is 6.01. The van der Waals surface area contributed by atoms with Crippen LogP contribution in [-0.2, 0) is 0 Å². The zero-order chi connectivity index (χ0) is 12.4. The Labute approximate surface area is 103 Å². The van der Waals surface area contributed by atoms with E-state index in [0.717, 1.165) is 5.69 Å². The van der Waals surface area contributed by atoms with Gasteiger partial charge in [-0.05, 0) is 19.1 Å². The van der Waals surface area contributed by atoms with Crippen molar-refractivity contribution in [3.05, 3.63) is 34.7 Å². The molecule has 0 bridgehead atoms. The maximum Gasteiger partial charge on any atom is 0.171 e. The van der Waals surface area contributed by atoms with Crippen LogP contribution in [0.25, 0.3) is 0 Å². The molecule has 0 amide bonds. The van der Waals surface area contributed by atoms with E-state index in [4.69, 9.17) is 16.3 Å². The van der Waals surface area contributed by atoms with E-state index in [1.807, 2.05) is 6.92 Å². The number of rotatable bonds is 3. The number of hydrogen-bond donors (Lipinski definition) is 2. The highest BCUT2D eigenvalue weighted by Crippen LogP contribution is 2.31. The number of anilines is 2. The summed E-state index contributed by atoms with van der Waals surface area (Å²) in [4.78, 5) is 0. The van der Waals surface area contributed by atoms with Gasteiger partial charge >= 0.3 is 0 Å². The predicted octanol–water partition coefficient (Wildman–Crippen LogP) is 3.26. The molecule has 1 aromatic carbocycles. The van der Waals surface area contributed by atoms with Gasteiger partial charge in [0.25, 0.3) is 0 Å². The third-order valence-electron chi connectivity index (χ3n) is 2.29. The molecule has 6 heteroatoms. The number of ether oxygens (including phenoxy) is 1. The van der Waals surface area contributed by atoms with E-state index in [2.05, 4.69) is 15.5 Å². The molecule has 90 valence electrons. The van der Waals surface area contributed by atoms with E-state index in [1.165, 1.54) is 19.2 Å². The number of methoxy groups -OCH3 is 1. The number of nitrogens with zero attached hydrogens (tertiary/aromatic N) is 1. The number of benzene rings is 1. The van der Waals surface area contributed by atoms with Gasteiger partial charge in [0, 0.05) is 6.07 Å². The van der Waals surface area contributed by atoms with Gasteiger partial charge in [-0.1, -0.05) is 11.6 Å². The topological polar surface area (TPSA) is 49.9 Å². The van der Waals surface area contributed by atoms with Crippen molar-refractivity contribution >= 4 is 23.1 Å². The van der Waals surface area contributed by atoms with Crippen LogP contribution in [0.5, 0.6) is 5.75 Å². The van der Waals surface area contributed by atoms with Gasteiger partial charge in [-0.25, -0.2) is 4.39 Å². The second-order valence-corrected chi connectivity index (χ2v) is 3.86. The summed E-state index contributed by atoms with van der Waals surface area (Å²) in [6.07, 6.45) is 0. The van der Waals surface area contributed by atoms with Gasteiger partial charge < -0.3 is 10.1 Å². The molecule has 0 saturated heterocycles. The molecule has 2 N–H and O–H groups in total. The average molecular weight is 256 g/mol. The van der Waals surface area contributed by atoms with E-state index in [0.29, 0.717) is 22.3 Å². The highest BCUT2D eigenvalue weighted by atomic mass is 35.5. The van der Waals surface area contributed by atoms with E-state index < -0.39 is 0 Å². The van der Waals surface area contributed by atoms with Crippen LogP contribution < -0.4 is 10.1 Å². The number of aromatic amines is 1. The van der Waals surface area contributed by atoms with Crippen LogP contribution >= 0.6 is 11.6 Å². The van der Waals surface area contributed by atoms with Gasteiger partial charge in [0.05, 0.1) is 18.5 Å². The zero-order valence-corrected chi connectivity index (χ0v) is 10.1. The van der Waals surface area contributed by atoms with E-state index >= 15 is 0 Å². The Morgan fingerprint density at radius 1 is 1.47 bits per heavy atom. The maximum atomic E-state index is 13.0. The van der Waals surface area contributed by atoms with Crippen LogP contribution in [0.3, 0.4) is 0 Å². The molecule has 4 nitrogen and oxygen atoms in total. The Balaban J connectivity index is 2.33. The molecule has 0 spiro atoms. The molecular weight excluding hydrogens is 245 g/mol. The van der Waals surface area contributed by atoms with Crippen LogP contribution in [-0.4, -0.2) is 17.3 Å².